The SMILES string of the molecule is COc1cccc2c1C1(OCCO1)C(C1CCC(=O)C1)=CC2=O. The van der Waals surface area contributed by atoms with E-state index in [9.17, 15) is 9.59 Å². The number of rotatable bonds is 2. The van der Waals surface area contributed by atoms with Gasteiger partial charge in [0.2, 0.25) is 5.79 Å². The van der Waals surface area contributed by atoms with Crippen LogP contribution < -0.4 is 4.74 Å². The number of carbonyl (C=O) groups excluding carboxylic acids is 2. The highest BCUT2D eigenvalue weighted by atomic mass is 16.7. The van der Waals surface area contributed by atoms with Crippen molar-refractivity contribution in [3.63, 3.8) is 0 Å². The zero-order chi connectivity index (χ0) is 16.0. The third-order valence-electron chi connectivity index (χ3n) is 4.89. The lowest BCUT2D eigenvalue weighted by Crippen LogP contribution is -2.38. The molecule has 2 aliphatic carbocycles. The molecule has 0 N–H and O–H groups in total. The van der Waals surface area contributed by atoms with Crippen molar-refractivity contribution in [3.05, 3.63) is 41.0 Å². The van der Waals surface area contributed by atoms with Gasteiger partial charge >= 0.3 is 0 Å². The number of methoxy groups -OCH3 is 1. The normalized spacial score (nSPS) is 25.6. The molecule has 5 heteroatoms. The number of fused-ring (bicyclic) bond motifs is 2. The fraction of sp³-hybridized carbons (Fsp3) is 0.444. The molecule has 1 unspecified atom stereocenters. The van der Waals surface area contributed by atoms with Crippen LogP contribution in [0, 0.1) is 5.92 Å². The second kappa shape index (κ2) is 5.28. The van der Waals surface area contributed by atoms with Crippen LogP contribution in [0.4, 0.5) is 0 Å². The van der Waals surface area contributed by atoms with Crippen molar-refractivity contribution in [2.24, 2.45) is 5.92 Å². The van der Waals surface area contributed by atoms with E-state index in [4.69, 9.17) is 14.2 Å². The summed E-state index contributed by atoms with van der Waals surface area (Å²) >= 11 is 0. The molecule has 0 radical (unpaired) electrons. The summed E-state index contributed by atoms with van der Waals surface area (Å²) in [5.41, 5.74) is 1.95. The van der Waals surface area contributed by atoms with Crippen LogP contribution in [0.1, 0.15) is 35.2 Å². The topological polar surface area (TPSA) is 61.8 Å². The smallest absolute Gasteiger partial charge is 0.223 e. The standard InChI is InChI=1S/C18H18O5/c1-21-16-4-2-3-13-15(20)10-14(11-5-6-12(19)9-11)18(17(13)16)22-7-8-23-18/h2-4,10-11H,5-9H2,1H3. The van der Waals surface area contributed by atoms with Crippen LogP contribution in [-0.4, -0.2) is 31.9 Å². The van der Waals surface area contributed by atoms with Crippen molar-refractivity contribution < 1.29 is 23.8 Å². The van der Waals surface area contributed by atoms with Gasteiger partial charge < -0.3 is 14.2 Å². The molecule has 1 heterocycles. The molecule has 1 spiro atoms. The predicted molar refractivity (Wildman–Crippen MR) is 81.3 cm³/mol. The second-order valence-electron chi connectivity index (χ2n) is 6.14. The van der Waals surface area contributed by atoms with Crippen molar-refractivity contribution in [1.82, 2.24) is 0 Å². The fourth-order valence-corrected chi connectivity index (χ4v) is 3.89. The molecule has 0 aromatic heterocycles. The summed E-state index contributed by atoms with van der Waals surface area (Å²) in [6, 6.07) is 5.36. The number of hydrogen-bond acceptors (Lipinski definition) is 5. The predicted octanol–water partition coefficient (Wildman–Crippen LogP) is 2.39. The second-order valence-corrected chi connectivity index (χ2v) is 6.14. The molecule has 1 aromatic carbocycles. The Balaban J connectivity index is 1.91. The summed E-state index contributed by atoms with van der Waals surface area (Å²) in [5, 5.41) is 0. The third-order valence-corrected chi connectivity index (χ3v) is 4.89. The average molecular weight is 314 g/mol. The molecule has 23 heavy (non-hydrogen) atoms. The molecule has 1 aromatic rings. The Morgan fingerprint density at radius 3 is 2.65 bits per heavy atom. The fourth-order valence-electron chi connectivity index (χ4n) is 3.89. The van der Waals surface area contributed by atoms with E-state index in [0.717, 1.165) is 12.0 Å². The number of ether oxygens (including phenoxy) is 3. The van der Waals surface area contributed by atoms with Crippen LogP contribution in [0.2, 0.25) is 0 Å². The van der Waals surface area contributed by atoms with E-state index in [1.165, 1.54) is 0 Å². The molecule has 1 saturated heterocycles. The van der Waals surface area contributed by atoms with E-state index in [1.807, 2.05) is 6.07 Å². The van der Waals surface area contributed by atoms with Gasteiger partial charge in [0.05, 0.1) is 25.9 Å². The van der Waals surface area contributed by atoms with Crippen molar-refractivity contribution >= 4 is 11.6 Å². The van der Waals surface area contributed by atoms with Gasteiger partial charge in [-0.3, -0.25) is 9.59 Å². The van der Waals surface area contributed by atoms with Gasteiger partial charge in [-0.15, -0.1) is 0 Å². The van der Waals surface area contributed by atoms with Gasteiger partial charge in [0, 0.05) is 24.0 Å². The van der Waals surface area contributed by atoms with Crippen molar-refractivity contribution in [1.29, 1.82) is 0 Å². The number of allylic oxidation sites excluding steroid dienone is 1. The van der Waals surface area contributed by atoms with Gasteiger partial charge in [-0.05, 0) is 24.5 Å². The first-order chi connectivity index (χ1) is 11.2. The first-order valence-electron chi connectivity index (χ1n) is 7.89. The third kappa shape index (κ3) is 2.07. The maximum absolute atomic E-state index is 12.6. The molecule has 3 aliphatic rings. The summed E-state index contributed by atoms with van der Waals surface area (Å²) in [6.07, 6.45) is 3.33. The maximum Gasteiger partial charge on any atom is 0.223 e. The Morgan fingerprint density at radius 1 is 1.22 bits per heavy atom. The van der Waals surface area contributed by atoms with Crippen LogP contribution in [0.5, 0.6) is 5.75 Å². The molecule has 1 aliphatic heterocycles. The maximum atomic E-state index is 12.6. The minimum Gasteiger partial charge on any atom is -0.496 e. The Bertz CT molecular complexity index is 712. The minimum atomic E-state index is -1.09. The summed E-state index contributed by atoms with van der Waals surface area (Å²) in [6.45, 7) is 0.896. The Morgan fingerprint density at radius 2 is 2.00 bits per heavy atom. The molecule has 1 saturated carbocycles. The van der Waals surface area contributed by atoms with Gasteiger partial charge in [-0.1, -0.05) is 12.1 Å². The first-order valence-corrected chi connectivity index (χ1v) is 7.89. The number of carbonyl (C=O) groups is 2. The highest BCUT2D eigenvalue weighted by Crippen LogP contribution is 2.51. The van der Waals surface area contributed by atoms with Gasteiger partial charge in [-0.25, -0.2) is 0 Å². The summed E-state index contributed by atoms with van der Waals surface area (Å²) in [5.74, 6) is -0.388. The van der Waals surface area contributed by atoms with Crippen molar-refractivity contribution in [3.8, 4) is 5.75 Å². The Hall–Kier alpha value is -1.98. The molecule has 120 valence electrons. The molecule has 0 bridgehead atoms. The van der Waals surface area contributed by atoms with E-state index >= 15 is 0 Å². The molecular formula is C18H18O5. The van der Waals surface area contributed by atoms with Crippen LogP contribution in [0.3, 0.4) is 0 Å². The van der Waals surface area contributed by atoms with E-state index < -0.39 is 5.79 Å². The number of Topliss-reactive ketones (excluding diaryl/α,β-unsaturated/α-hetero) is 1. The van der Waals surface area contributed by atoms with Crippen molar-refractivity contribution in [2.45, 2.75) is 25.0 Å². The van der Waals surface area contributed by atoms with Gasteiger partial charge in [-0.2, -0.15) is 0 Å². The zero-order valence-electron chi connectivity index (χ0n) is 13.0. The largest absolute Gasteiger partial charge is 0.496 e. The summed E-state index contributed by atoms with van der Waals surface area (Å²) in [4.78, 5) is 24.3. The highest BCUT2D eigenvalue weighted by Gasteiger charge is 2.52. The molecule has 4 rings (SSSR count). The Labute approximate surface area is 134 Å². The van der Waals surface area contributed by atoms with Gasteiger partial charge in [0.1, 0.15) is 11.5 Å². The lowest BCUT2D eigenvalue weighted by atomic mass is 9.78. The quantitative estimate of drug-likeness (QED) is 0.839. The Kier molecular flexibility index (Phi) is 3.36. The first kappa shape index (κ1) is 14.6. The molecular weight excluding hydrogens is 296 g/mol. The minimum absolute atomic E-state index is 0.0115. The van der Waals surface area contributed by atoms with Gasteiger partial charge in [0.25, 0.3) is 0 Å². The monoisotopic (exact) mass is 314 g/mol. The number of benzene rings is 1. The molecule has 2 fully saturated rings. The average Bonchev–Trinajstić information content (AvgIpc) is 3.20. The lowest BCUT2D eigenvalue weighted by Gasteiger charge is -2.37. The van der Waals surface area contributed by atoms with Crippen LogP contribution in [-0.2, 0) is 20.1 Å². The summed E-state index contributed by atoms with van der Waals surface area (Å²) < 4.78 is 17.5. The van der Waals surface area contributed by atoms with E-state index in [-0.39, 0.29) is 17.5 Å². The summed E-state index contributed by atoms with van der Waals surface area (Å²) in [7, 11) is 1.57. The highest BCUT2D eigenvalue weighted by molar-refractivity contribution is 6.08. The van der Waals surface area contributed by atoms with E-state index in [1.54, 1.807) is 25.3 Å². The van der Waals surface area contributed by atoms with Crippen LogP contribution in [0.15, 0.2) is 29.8 Å². The number of hydrogen-bond donors (Lipinski definition) is 0. The van der Waals surface area contributed by atoms with E-state index in [2.05, 4.69) is 0 Å². The van der Waals surface area contributed by atoms with Crippen LogP contribution in [0.25, 0.3) is 0 Å². The molecule has 5 nitrogen and oxygen atoms in total. The molecule has 0 amide bonds. The lowest BCUT2D eigenvalue weighted by molar-refractivity contribution is -0.141. The zero-order valence-corrected chi connectivity index (χ0v) is 13.0. The number of ketones is 2. The molecule has 1 atom stereocenters. The van der Waals surface area contributed by atoms with Gasteiger partial charge in [0.15, 0.2) is 5.78 Å². The van der Waals surface area contributed by atoms with Crippen molar-refractivity contribution in [2.75, 3.05) is 20.3 Å². The van der Waals surface area contributed by atoms with Crippen LogP contribution >= 0.6 is 0 Å². The van der Waals surface area contributed by atoms with E-state index in [0.29, 0.717) is 42.9 Å².